The highest BCUT2D eigenvalue weighted by Crippen LogP contribution is 2.38. The SMILES string of the molecule is CSCC(=O)Nc1ccc(=O)n2c1[C@H]1C[C@@H](CN(C(=O)NC3CCCCC3)C1)C2. The molecule has 4 rings (SSSR count). The molecule has 1 saturated heterocycles. The summed E-state index contributed by atoms with van der Waals surface area (Å²) in [6, 6.07) is 3.56. The molecule has 8 heteroatoms. The third-order valence-corrected chi connectivity index (χ3v) is 6.91. The van der Waals surface area contributed by atoms with E-state index in [0.717, 1.165) is 25.0 Å². The van der Waals surface area contributed by atoms with Gasteiger partial charge in [0.15, 0.2) is 0 Å². The lowest BCUT2D eigenvalue weighted by atomic mass is 9.82. The summed E-state index contributed by atoms with van der Waals surface area (Å²) in [4.78, 5) is 39.5. The van der Waals surface area contributed by atoms with E-state index in [4.69, 9.17) is 0 Å². The van der Waals surface area contributed by atoms with Gasteiger partial charge in [0.1, 0.15) is 0 Å². The predicted molar refractivity (Wildman–Crippen MR) is 116 cm³/mol. The van der Waals surface area contributed by atoms with Gasteiger partial charge >= 0.3 is 6.03 Å². The first-order valence-corrected chi connectivity index (χ1v) is 12.0. The maximum Gasteiger partial charge on any atom is 0.317 e. The fourth-order valence-corrected chi connectivity index (χ4v) is 5.45. The Morgan fingerprint density at radius 2 is 1.93 bits per heavy atom. The zero-order valence-electron chi connectivity index (χ0n) is 17.0. The Bertz CT molecular complexity index is 834. The summed E-state index contributed by atoms with van der Waals surface area (Å²) in [5.41, 5.74) is 1.55. The van der Waals surface area contributed by atoms with Gasteiger partial charge in [-0.2, -0.15) is 11.8 Å². The topological polar surface area (TPSA) is 83.4 Å². The number of nitrogens with zero attached hydrogens (tertiary/aromatic N) is 2. The van der Waals surface area contributed by atoms with E-state index in [9.17, 15) is 14.4 Å². The summed E-state index contributed by atoms with van der Waals surface area (Å²) < 4.78 is 1.81. The Balaban J connectivity index is 1.53. The van der Waals surface area contributed by atoms with E-state index in [0.29, 0.717) is 31.1 Å². The number of hydrogen-bond acceptors (Lipinski definition) is 4. The summed E-state index contributed by atoms with van der Waals surface area (Å²) in [6.07, 6.45) is 8.60. The van der Waals surface area contributed by atoms with Crippen molar-refractivity contribution >= 4 is 29.4 Å². The quantitative estimate of drug-likeness (QED) is 0.787. The number of hydrogen-bond donors (Lipinski definition) is 2. The Morgan fingerprint density at radius 1 is 1.14 bits per heavy atom. The van der Waals surface area contributed by atoms with Crippen LogP contribution in [-0.2, 0) is 11.3 Å². The second-order valence-corrected chi connectivity index (χ2v) is 9.42. The molecule has 2 aliphatic heterocycles. The summed E-state index contributed by atoms with van der Waals surface area (Å²) in [7, 11) is 0. The third-order valence-electron chi connectivity index (χ3n) is 6.36. The second-order valence-electron chi connectivity index (χ2n) is 8.55. The van der Waals surface area contributed by atoms with Crippen LogP contribution >= 0.6 is 11.8 Å². The van der Waals surface area contributed by atoms with Crippen LogP contribution in [-0.4, -0.2) is 52.5 Å². The molecule has 0 aromatic carbocycles. The van der Waals surface area contributed by atoms with Crippen LogP contribution in [0.2, 0.25) is 0 Å². The minimum atomic E-state index is -0.0659. The molecule has 3 aliphatic rings. The van der Waals surface area contributed by atoms with E-state index in [1.807, 2.05) is 15.7 Å². The van der Waals surface area contributed by atoms with Gasteiger partial charge in [-0.25, -0.2) is 4.79 Å². The van der Waals surface area contributed by atoms with Gasteiger partial charge in [0.25, 0.3) is 5.56 Å². The zero-order chi connectivity index (χ0) is 20.4. The number of urea groups is 1. The molecule has 2 N–H and O–H groups in total. The standard InChI is InChI=1S/C21H30N4O3S/c1-29-13-18(26)23-17-7-8-19(27)25-11-14-9-15(20(17)25)12-24(10-14)21(28)22-16-5-3-2-4-6-16/h7-8,14-16H,2-6,9-13H2,1H3,(H,22,28)(H,23,26)/t14-,15-/m0/s1. The van der Waals surface area contributed by atoms with E-state index < -0.39 is 0 Å². The number of aromatic nitrogens is 1. The number of anilines is 1. The molecule has 3 heterocycles. The maximum atomic E-state index is 12.9. The Hall–Kier alpha value is -1.96. The number of thioether (sulfide) groups is 1. The lowest BCUT2D eigenvalue weighted by Crippen LogP contribution is -2.53. The fraction of sp³-hybridized carbons (Fsp3) is 0.667. The first-order chi connectivity index (χ1) is 14.0. The van der Waals surface area contributed by atoms with Crippen molar-refractivity contribution in [2.45, 2.75) is 57.0 Å². The van der Waals surface area contributed by atoms with Gasteiger partial charge < -0.3 is 20.1 Å². The molecule has 1 aromatic rings. The van der Waals surface area contributed by atoms with Gasteiger partial charge in [0.05, 0.1) is 11.4 Å². The van der Waals surface area contributed by atoms with Crippen molar-refractivity contribution in [2.75, 3.05) is 30.4 Å². The van der Waals surface area contributed by atoms with Gasteiger partial charge in [0, 0.05) is 43.4 Å². The highest BCUT2D eigenvalue weighted by atomic mass is 32.2. The monoisotopic (exact) mass is 418 g/mol. The van der Waals surface area contributed by atoms with Crippen molar-refractivity contribution < 1.29 is 9.59 Å². The number of carbonyl (C=O) groups is 2. The van der Waals surface area contributed by atoms with Gasteiger partial charge in [-0.15, -0.1) is 0 Å². The van der Waals surface area contributed by atoms with Gasteiger partial charge in [-0.3, -0.25) is 9.59 Å². The van der Waals surface area contributed by atoms with E-state index in [-0.39, 0.29) is 35.4 Å². The van der Waals surface area contributed by atoms with Crippen molar-refractivity contribution in [3.05, 3.63) is 28.2 Å². The Morgan fingerprint density at radius 3 is 2.69 bits per heavy atom. The zero-order valence-corrected chi connectivity index (χ0v) is 17.8. The van der Waals surface area contributed by atoms with Crippen LogP contribution in [0.15, 0.2) is 16.9 Å². The number of nitrogens with one attached hydrogen (secondary N) is 2. The lowest BCUT2D eigenvalue weighted by molar-refractivity contribution is -0.113. The van der Waals surface area contributed by atoms with Crippen molar-refractivity contribution in [3.8, 4) is 0 Å². The molecule has 29 heavy (non-hydrogen) atoms. The number of carbonyl (C=O) groups excluding carboxylic acids is 2. The van der Waals surface area contributed by atoms with E-state index in [1.54, 1.807) is 6.07 Å². The molecule has 1 aliphatic carbocycles. The summed E-state index contributed by atoms with van der Waals surface area (Å²) in [5.74, 6) is 0.650. The van der Waals surface area contributed by atoms with Crippen molar-refractivity contribution in [1.29, 1.82) is 0 Å². The number of fused-ring (bicyclic) bond motifs is 4. The van der Waals surface area contributed by atoms with E-state index in [2.05, 4.69) is 10.6 Å². The first kappa shape index (κ1) is 20.3. The maximum absolute atomic E-state index is 12.9. The van der Waals surface area contributed by atoms with Crippen molar-refractivity contribution in [3.63, 3.8) is 0 Å². The van der Waals surface area contributed by atoms with Crippen LogP contribution in [0.3, 0.4) is 0 Å². The van der Waals surface area contributed by atoms with Crippen LogP contribution < -0.4 is 16.2 Å². The molecule has 2 bridgehead atoms. The van der Waals surface area contributed by atoms with Gasteiger partial charge in [-0.1, -0.05) is 19.3 Å². The number of likely N-dealkylation sites (tertiary alicyclic amines) is 1. The van der Waals surface area contributed by atoms with E-state index >= 15 is 0 Å². The fourth-order valence-electron chi connectivity index (χ4n) is 5.12. The Kier molecular flexibility index (Phi) is 6.18. The number of pyridine rings is 1. The molecule has 3 amide bonds. The highest BCUT2D eigenvalue weighted by molar-refractivity contribution is 7.99. The molecule has 7 nitrogen and oxygen atoms in total. The van der Waals surface area contributed by atoms with Crippen LogP contribution in [0.25, 0.3) is 0 Å². The predicted octanol–water partition coefficient (Wildman–Crippen LogP) is 2.61. The molecule has 0 radical (unpaired) electrons. The van der Waals surface area contributed by atoms with Crippen LogP contribution in [0.5, 0.6) is 0 Å². The van der Waals surface area contributed by atoms with Crippen molar-refractivity contribution in [2.24, 2.45) is 5.92 Å². The molecule has 0 spiro atoms. The lowest BCUT2D eigenvalue weighted by Gasteiger charge is -2.43. The average molecular weight is 419 g/mol. The molecule has 0 unspecified atom stereocenters. The molecule has 2 fully saturated rings. The Labute approximate surface area is 175 Å². The number of rotatable bonds is 4. The first-order valence-electron chi connectivity index (χ1n) is 10.6. The smallest absolute Gasteiger partial charge is 0.317 e. The molecule has 1 aromatic heterocycles. The average Bonchev–Trinajstić information content (AvgIpc) is 2.71. The minimum Gasteiger partial charge on any atom is -0.335 e. The van der Waals surface area contributed by atoms with Crippen LogP contribution in [0, 0.1) is 5.92 Å². The normalized spacial score (nSPS) is 24.0. The summed E-state index contributed by atoms with van der Waals surface area (Å²) >= 11 is 1.47. The summed E-state index contributed by atoms with van der Waals surface area (Å²) in [5, 5.41) is 6.20. The van der Waals surface area contributed by atoms with Crippen molar-refractivity contribution in [1.82, 2.24) is 14.8 Å². The number of amides is 3. The molecular formula is C21H30N4O3S. The van der Waals surface area contributed by atoms with Gasteiger partial charge in [-0.05, 0) is 37.5 Å². The molecule has 1 saturated carbocycles. The highest BCUT2D eigenvalue weighted by Gasteiger charge is 2.38. The third kappa shape index (κ3) is 4.47. The van der Waals surface area contributed by atoms with Crippen LogP contribution in [0.1, 0.15) is 50.1 Å². The summed E-state index contributed by atoms with van der Waals surface area (Å²) in [6.45, 7) is 1.87. The van der Waals surface area contributed by atoms with Crippen LogP contribution in [0.4, 0.5) is 10.5 Å². The second kappa shape index (κ2) is 8.81. The largest absolute Gasteiger partial charge is 0.335 e. The molecular weight excluding hydrogens is 388 g/mol. The molecule has 2 atom stereocenters. The van der Waals surface area contributed by atoms with E-state index in [1.165, 1.54) is 37.1 Å². The number of piperidine rings is 1. The van der Waals surface area contributed by atoms with Gasteiger partial charge in [0.2, 0.25) is 5.91 Å². The minimum absolute atomic E-state index is 0.0197. The molecule has 158 valence electrons.